The molecule has 0 radical (unpaired) electrons. The Morgan fingerprint density at radius 2 is 2.16 bits per heavy atom. The lowest BCUT2D eigenvalue weighted by molar-refractivity contribution is 0.225. The summed E-state index contributed by atoms with van der Waals surface area (Å²) >= 11 is 1.98. The van der Waals surface area contributed by atoms with Crippen LogP contribution in [0.25, 0.3) is 0 Å². The molecule has 0 aromatic carbocycles. The molecule has 4 heterocycles. The van der Waals surface area contributed by atoms with E-state index in [4.69, 9.17) is 4.98 Å². The molecule has 1 aromatic rings. The van der Waals surface area contributed by atoms with Crippen LogP contribution in [0.5, 0.6) is 0 Å². The van der Waals surface area contributed by atoms with Gasteiger partial charge in [-0.1, -0.05) is 0 Å². The fourth-order valence-electron chi connectivity index (χ4n) is 3.75. The van der Waals surface area contributed by atoms with Crippen molar-refractivity contribution in [2.75, 3.05) is 33.2 Å². The van der Waals surface area contributed by atoms with E-state index in [9.17, 15) is 0 Å². The van der Waals surface area contributed by atoms with Crippen molar-refractivity contribution in [1.82, 2.24) is 20.1 Å². The van der Waals surface area contributed by atoms with Crippen molar-refractivity contribution in [3.63, 3.8) is 0 Å². The first kappa shape index (κ1) is 12.3. The fraction of sp³-hybridized carbons (Fsp3) is 0.786. The van der Waals surface area contributed by atoms with Gasteiger partial charge in [-0.25, -0.2) is 4.98 Å². The Morgan fingerprint density at radius 3 is 3.00 bits per heavy atom. The molecule has 104 valence electrons. The summed E-state index contributed by atoms with van der Waals surface area (Å²) in [4.78, 5) is 11.6. The number of hydrogen-bond acceptors (Lipinski definition) is 5. The van der Waals surface area contributed by atoms with Crippen LogP contribution in [-0.4, -0.2) is 54.1 Å². The van der Waals surface area contributed by atoms with Gasteiger partial charge in [0.15, 0.2) is 0 Å². The Morgan fingerprint density at radius 1 is 1.32 bits per heavy atom. The van der Waals surface area contributed by atoms with Crippen LogP contribution in [0.3, 0.4) is 0 Å². The number of thiazole rings is 1. The monoisotopic (exact) mass is 278 g/mol. The summed E-state index contributed by atoms with van der Waals surface area (Å²) in [6.45, 7) is 5.63. The van der Waals surface area contributed by atoms with Gasteiger partial charge in [-0.3, -0.25) is 9.80 Å². The molecule has 2 unspecified atom stereocenters. The number of aromatic nitrogens is 1. The Balaban J connectivity index is 1.53. The standard InChI is InChI=1S/C14H22N4S/c1-17-10-2-3-12(17)14-11(8-10)16-13(19-14)9-18-6-4-15-5-7-18/h10,12,15H,2-9H2,1H3. The molecule has 1 aromatic heterocycles. The van der Waals surface area contributed by atoms with Crippen LogP contribution in [0.2, 0.25) is 0 Å². The van der Waals surface area contributed by atoms with Gasteiger partial charge in [0.25, 0.3) is 0 Å². The second kappa shape index (κ2) is 4.81. The molecule has 0 spiro atoms. The predicted octanol–water partition coefficient (Wildman–Crippen LogP) is 1.24. The summed E-state index contributed by atoms with van der Waals surface area (Å²) in [5, 5.41) is 4.75. The Labute approximate surface area is 118 Å². The lowest BCUT2D eigenvalue weighted by Crippen LogP contribution is -2.42. The van der Waals surface area contributed by atoms with Gasteiger partial charge >= 0.3 is 0 Å². The molecular weight excluding hydrogens is 256 g/mol. The number of rotatable bonds is 2. The maximum Gasteiger partial charge on any atom is 0.107 e. The molecule has 2 atom stereocenters. The molecular formula is C14H22N4S. The number of fused-ring (bicyclic) bond motifs is 4. The van der Waals surface area contributed by atoms with Gasteiger partial charge in [-0.2, -0.15) is 0 Å². The Hall–Kier alpha value is -0.490. The summed E-state index contributed by atoms with van der Waals surface area (Å²) in [6.07, 6.45) is 3.88. The topological polar surface area (TPSA) is 31.4 Å². The Kier molecular flexibility index (Phi) is 3.10. The predicted molar refractivity (Wildman–Crippen MR) is 77.5 cm³/mol. The van der Waals surface area contributed by atoms with E-state index >= 15 is 0 Å². The van der Waals surface area contributed by atoms with E-state index in [1.165, 1.54) is 30.0 Å². The highest BCUT2D eigenvalue weighted by Crippen LogP contribution is 2.44. The third kappa shape index (κ3) is 2.13. The third-order valence-corrected chi connectivity index (χ3v) is 6.10. The maximum absolute atomic E-state index is 4.95. The smallest absolute Gasteiger partial charge is 0.107 e. The molecule has 2 bridgehead atoms. The number of hydrogen-bond donors (Lipinski definition) is 1. The second-order valence-electron chi connectivity index (χ2n) is 6.06. The van der Waals surface area contributed by atoms with Gasteiger partial charge in [-0.15, -0.1) is 11.3 Å². The minimum atomic E-state index is 0.669. The number of likely N-dealkylation sites (N-methyl/N-ethyl adjacent to an activating group) is 1. The van der Waals surface area contributed by atoms with Crippen LogP contribution in [0.15, 0.2) is 0 Å². The van der Waals surface area contributed by atoms with E-state index in [1.54, 1.807) is 4.88 Å². The summed E-state index contributed by atoms with van der Waals surface area (Å²) in [7, 11) is 2.29. The Bertz CT molecular complexity index is 466. The van der Waals surface area contributed by atoms with Gasteiger partial charge in [0, 0.05) is 49.6 Å². The normalized spacial score (nSPS) is 31.6. The first-order valence-corrected chi connectivity index (χ1v) is 8.26. The van der Waals surface area contributed by atoms with E-state index in [0.29, 0.717) is 6.04 Å². The van der Waals surface area contributed by atoms with Crippen LogP contribution in [0.1, 0.15) is 34.5 Å². The molecule has 0 saturated carbocycles. The number of piperazine rings is 1. The average molecular weight is 278 g/mol. The lowest BCUT2D eigenvalue weighted by atomic mass is 10.1. The molecule has 0 amide bonds. The first-order chi connectivity index (χ1) is 9.31. The molecule has 19 heavy (non-hydrogen) atoms. The molecule has 1 N–H and O–H groups in total. The number of nitrogens with zero attached hydrogens (tertiary/aromatic N) is 3. The molecule has 3 aliphatic rings. The minimum absolute atomic E-state index is 0.669. The van der Waals surface area contributed by atoms with Crippen LogP contribution < -0.4 is 5.32 Å². The van der Waals surface area contributed by atoms with E-state index < -0.39 is 0 Å². The summed E-state index contributed by atoms with van der Waals surface area (Å²) < 4.78 is 0. The fourth-order valence-corrected chi connectivity index (χ4v) is 5.07. The highest BCUT2D eigenvalue weighted by Gasteiger charge is 2.39. The summed E-state index contributed by atoms with van der Waals surface area (Å²) in [5.41, 5.74) is 1.42. The van der Waals surface area contributed by atoms with E-state index in [-0.39, 0.29) is 0 Å². The largest absolute Gasteiger partial charge is 0.314 e. The summed E-state index contributed by atoms with van der Waals surface area (Å²) in [6, 6.07) is 1.43. The second-order valence-corrected chi connectivity index (χ2v) is 7.18. The van der Waals surface area contributed by atoms with Crippen molar-refractivity contribution >= 4 is 11.3 Å². The van der Waals surface area contributed by atoms with Gasteiger partial charge < -0.3 is 5.32 Å². The maximum atomic E-state index is 4.95. The molecule has 2 saturated heterocycles. The van der Waals surface area contributed by atoms with Gasteiger partial charge in [0.1, 0.15) is 5.01 Å². The van der Waals surface area contributed by atoms with Crippen molar-refractivity contribution in [3.8, 4) is 0 Å². The van der Waals surface area contributed by atoms with E-state index in [2.05, 4.69) is 22.2 Å². The highest BCUT2D eigenvalue weighted by molar-refractivity contribution is 7.11. The zero-order chi connectivity index (χ0) is 12.8. The van der Waals surface area contributed by atoms with Crippen molar-refractivity contribution in [2.24, 2.45) is 0 Å². The summed E-state index contributed by atoms with van der Waals surface area (Å²) in [5.74, 6) is 0. The third-order valence-electron chi connectivity index (χ3n) is 4.91. The molecule has 0 aliphatic carbocycles. The SMILES string of the molecule is CN1C2CCC1c1sc(CN3CCNCC3)nc1C2. The van der Waals surface area contributed by atoms with Crippen molar-refractivity contribution in [1.29, 1.82) is 0 Å². The van der Waals surface area contributed by atoms with Crippen LogP contribution in [0.4, 0.5) is 0 Å². The van der Waals surface area contributed by atoms with Crippen LogP contribution in [0, 0.1) is 0 Å². The van der Waals surface area contributed by atoms with E-state index in [0.717, 1.165) is 38.8 Å². The molecule has 4 rings (SSSR count). The van der Waals surface area contributed by atoms with Gasteiger partial charge in [0.05, 0.1) is 12.2 Å². The van der Waals surface area contributed by atoms with Crippen molar-refractivity contribution in [3.05, 3.63) is 15.6 Å². The number of nitrogens with one attached hydrogen (secondary N) is 1. The molecule has 5 heteroatoms. The van der Waals surface area contributed by atoms with Gasteiger partial charge in [-0.05, 0) is 19.9 Å². The van der Waals surface area contributed by atoms with Crippen LogP contribution >= 0.6 is 11.3 Å². The quantitative estimate of drug-likeness (QED) is 0.882. The first-order valence-electron chi connectivity index (χ1n) is 7.45. The van der Waals surface area contributed by atoms with Gasteiger partial charge in [0.2, 0.25) is 0 Å². The van der Waals surface area contributed by atoms with Crippen LogP contribution in [-0.2, 0) is 13.0 Å². The highest BCUT2D eigenvalue weighted by atomic mass is 32.1. The molecule has 4 nitrogen and oxygen atoms in total. The lowest BCUT2D eigenvalue weighted by Gasteiger charge is -2.29. The van der Waals surface area contributed by atoms with E-state index in [1.807, 2.05) is 11.3 Å². The zero-order valence-corrected chi connectivity index (χ0v) is 12.4. The minimum Gasteiger partial charge on any atom is -0.314 e. The van der Waals surface area contributed by atoms with Crippen molar-refractivity contribution < 1.29 is 0 Å². The average Bonchev–Trinajstić information content (AvgIpc) is 2.92. The molecule has 3 aliphatic heterocycles. The molecule has 2 fully saturated rings. The van der Waals surface area contributed by atoms with Crippen molar-refractivity contribution in [2.45, 2.75) is 37.9 Å². The zero-order valence-electron chi connectivity index (χ0n) is 11.6.